The molecule has 0 aliphatic carbocycles. The van der Waals surface area contributed by atoms with Crippen molar-refractivity contribution in [3.05, 3.63) is 100 Å². The number of amides is 1. The first-order chi connectivity index (χ1) is 14.0. The third-order valence-corrected chi connectivity index (χ3v) is 6.03. The molecule has 0 radical (unpaired) electrons. The van der Waals surface area contributed by atoms with Crippen molar-refractivity contribution in [2.75, 3.05) is 0 Å². The van der Waals surface area contributed by atoms with Crippen LogP contribution in [0.25, 0.3) is 21.7 Å². The summed E-state index contributed by atoms with van der Waals surface area (Å²) in [5, 5.41) is 0. The van der Waals surface area contributed by atoms with E-state index in [0.717, 1.165) is 27.3 Å². The molecule has 0 N–H and O–H groups in total. The van der Waals surface area contributed by atoms with Crippen LogP contribution in [0.15, 0.2) is 83.9 Å². The zero-order valence-corrected chi connectivity index (χ0v) is 17.5. The molecule has 1 heterocycles. The van der Waals surface area contributed by atoms with E-state index in [4.69, 9.17) is 0 Å². The van der Waals surface area contributed by atoms with Gasteiger partial charge in [-0.15, -0.1) is 0 Å². The maximum Gasteiger partial charge on any atom is 0.279 e. The van der Waals surface area contributed by atoms with Crippen molar-refractivity contribution < 1.29 is 4.79 Å². The van der Waals surface area contributed by atoms with Crippen LogP contribution in [0.1, 0.15) is 21.5 Å². The SMILES string of the molecule is Cc1ccc(-c2c(-c3ccccc3)sc(=NC(=O)c3cccc(C)c3)n2C)cc1. The molecule has 4 aromatic rings. The van der Waals surface area contributed by atoms with Gasteiger partial charge in [-0.05, 0) is 37.1 Å². The van der Waals surface area contributed by atoms with Crippen molar-refractivity contribution in [2.24, 2.45) is 12.0 Å². The van der Waals surface area contributed by atoms with Crippen LogP contribution in [0.5, 0.6) is 0 Å². The molecule has 0 saturated carbocycles. The van der Waals surface area contributed by atoms with E-state index in [-0.39, 0.29) is 5.91 Å². The summed E-state index contributed by atoms with van der Waals surface area (Å²) in [5.74, 6) is -0.222. The van der Waals surface area contributed by atoms with Crippen molar-refractivity contribution in [3.8, 4) is 21.7 Å². The van der Waals surface area contributed by atoms with Gasteiger partial charge in [0.25, 0.3) is 5.91 Å². The highest BCUT2D eigenvalue weighted by atomic mass is 32.1. The Labute approximate surface area is 174 Å². The smallest absolute Gasteiger partial charge is 0.279 e. The summed E-state index contributed by atoms with van der Waals surface area (Å²) in [5.41, 5.74) is 6.17. The monoisotopic (exact) mass is 398 g/mol. The zero-order valence-electron chi connectivity index (χ0n) is 16.7. The molecule has 0 aliphatic rings. The highest BCUT2D eigenvalue weighted by Gasteiger charge is 2.16. The van der Waals surface area contributed by atoms with Crippen LogP contribution >= 0.6 is 11.3 Å². The summed E-state index contributed by atoms with van der Waals surface area (Å²) in [7, 11) is 1.97. The molecule has 3 aromatic carbocycles. The predicted molar refractivity (Wildman–Crippen MR) is 120 cm³/mol. The standard InChI is InChI=1S/C25H22N2OS/c1-17-12-14-19(15-13-17)22-23(20-9-5-4-6-10-20)29-25(27(22)3)26-24(28)21-11-7-8-18(2)16-21/h4-16H,1-3H3. The van der Waals surface area contributed by atoms with Gasteiger partial charge in [-0.2, -0.15) is 4.99 Å². The number of benzene rings is 3. The van der Waals surface area contributed by atoms with E-state index in [2.05, 4.69) is 48.3 Å². The zero-order chi connectivity index (χ0) is 20.4. The van der Waals surface area contributed by atoms with E-state index in [1.54, 1.807) is 11.3 Å². The van der Waals surface area contributed by atoms with Gasteiger partial charge in [0.15, 0.2) is 4.80 Å². The Bertz CT molecular complexity index is 1230. The largest absolute Gasteiger partial charge is 0.319 e. The van der Waals surface area contributed by atoms with Gasteiger partial charge in [-0.1, -0.05) is 89.2 Å². The van der Waals surface area contributed by atoms with Crippen molar-refractivity contribution >= 4 is 17.2 Å². The molecule has 3 nitrogen and oxygen atoms in total. The topological polar surface area (TPSA) is 34.4 Å². The van der Waals surface area contributed by atoms with E-state index < -0.39 is 0 Å². The Morgan fingerprint density at radius 2 is 1.55 bits per heavy atom. The molecule has 0 aliphatic heterocycles. The summed E-state index contributed by atoms with van der Waals surface area (Å²) in [6.07, 6.45) is 0. The van der Waals surface area contributed by atoms with E-state index in [0.29, 0.717) is 10.4 Å². The Kier molecular flexibility index (Phi) is 5.28. The first-order valence-corrected chi connectivity index (χ1v) is 10.3. The van der Waals surface area contributed by atoms with Gasteiger partial charge in [0.1, 0.15) is 0 Å². The maximum atomic E-state index is 12.8. The van der Waals surface area contributed by atoms with E-state index in [9.17, 15) is 4.79 Å². The van der Waals surface area contributed by atoms with Crippen LogP contribution in [0.3, 0.4) is 0 Å². The number of thiazole rings is 1. The van der Waals surface area contributed by atoms with Crippen molar-refractivity contribution in [1.82, 2.24) is 4.57 Å². The highest BCUT2D eigenvalue weighted by molar-refractivity contribution is 7.13. The fraction of sp³-hybridized carbons (Fsp3) is 0.120. The number of carbonyl (C=O) groups excluding carboxylic acids is 1. The van der Waals surface area contributed by atoms with Crippen LogP contribution in [0.2, 0.25) is 0 Å². The minimum Gasteiger partial charge on any atom is -0.319 e. The summed E-state index contributed by atoms with van der Waals surface area (Å²) in [6.45, 7) is 4.06. The molecule has 0 spiro atoms. The highest BCUT2D eigenvalue weighted by Crippen LogP contribution is 2.34. The maximum absolute atomic E-state index is 12.8. The van der Waals surface area contributed by atoms with Crippen molar-refractivity contribution in [1.29, 1.82) is 0 Å². The van der Waals surface area contributed by atoms with Gasteiger partial charge in [-0.3, -0.25) is 4.79 Å². The molecular weight excluding hydrogens is 376 g/mol. The van der Waals surface area contributed by atoms with Crippen molar-refractivity contribution in [3.63, 3.8) is 0 Å². The predicted octanol–water partition coefficient (Wildman–Crippen LogP) is 5.78. The number of hydrogen-bond donors (Lipinski definition) is 0. The van der Waals surface area contributed by atoms with Gasteiger partial charge < -0.3 is 4.57 Å². The van der Waals surface area contributed by atoms with Gasteiger partial charge >= 0.3 is 0 Å². The molecular formula is C25H22N2OS. The number of aryl methyl sites for hydroxylation is 2. The molecule has 0 atom stereocenters. The van der Waals surface area contributed by atoms with E-state index in [1.165, 1.54) is 5.56 Å². The number of nitrogens with zero attached hydrogens (tertiary/aromatic N) is 2. The molecule has 0 fully saturated rings. The first kappa shape index (κ1) is 19.1. The van der Waals surface area contributed by atoms with Crippen molar-refractivity contribution in [2.45, 2.75) is 13.8 Å². The second-order valence-corrected chi connectivity index (χ2v) is 8.12. The molecule has 0 saturated heterocycles. The lowest BCUT2D eigenvalue weighted by atomic mass is 10.1. The van der Waals surface area contributed by atoms with E-state index >= 15 is 0 Å². The molecule has 1 aromatic heterocycles. The summed E-state index contributed by atoms with van der Waals surface area (Å²) < 4.78 is 2.02. The fourth-order valence-corrected chi connectivity index (χ4v) is 4.45. The molecule has 29 heavy (non-hydrogen) atoms. The minimum absolute atomic E-state index is 0.222. The second kappa shape index (κ2) is 8.02. The Balaban J connectivity index is 1.90. The lowest BCUT2D eigenvalue weighted by molar-refractivity contribution is 0.0998. The Morgan fingerprint density at radius 3 is 2.24 bits per heavy atom. The summed E-state index contributed by atoms with van der Waals surface area (Å²) in [4.78, 5) is 19.0. The second-order valence-electron chi connectivity index (χ2n) is 7.14. The number of rotatable bonds is 3. The van der Waals surface area contributed by atoms with Gasteiger partial charge in [0, 0.05) is 12.6 Å². The summed E-state index contributed by atoms with van der Waals surface area (Å²) in [6, 6.07) is 26.3. The number of aromatic nitrogens is 1. The summed E-state index contributed by atoms with van der Waals surface area (Å²) >= 11 is 1.54. The van der Waals surface area contributed by atoms with Crippen LogP contribution in [-0.4, -0.2) is 10.5 Å². The minimum atomic E-state index is -0.222. The lowest BCUT2D eigenvalue weighted by Gasteiger charge is -2.08. The molecule has 0 unspecified atom stereocenters. The molecule has 144 valence electrons. The molecule has 4 heteroatoms. The van der Waals surface area contributed by atoms with Crippen LogP contribution < -0.4 is 4.80 Å². The number of carbonyl (C=O) groups is 1. The van der Waals surface area contributed by atoms with Gasteiger partial charge in [0.2, 0.25) is 0 Å². The third-order valence-electron chi connectivity index (χ3n) is 4.85. The molecule has 4 rings (SSSR count). The quantitative estimate of drug-likeness (QED) is 0.431. The fourth-order valence-electron chi connectivity index (χ4n) is 3.30. The Hall–Kier alpha value is -3.24. The normalized spacial score (nSPS) is 11.6. The van der Waals surface area contributed by atoms with Gasteiger partial charge in [0.05, 0.1) is 10.6 Å². The molecule has 1 amide bonds. The van der Waals surface area contributed by atoms with E-state index in [1.807, 2.05) is 61.0 Å². The average Bonchev–Trinajstić information content (AvgIpc) is 3.05. The Morgan fingerprint density at radius 1 is 0.828 bits per heavy atom. The third kappa shape index (κ3) is 3.98. The lowest BCUT2D eigenvalue weighted by Crippen LogP contribution is -2.14. The van der Waals surface area contributed by atoms with Crippen LogP contribution in [-0.2, 0) is 7.05 Å². The van der Waals surface area contributed by atoms with Gasteiger partial charge in [-0.25, -0.2) is 0 Å². The molecule has 0 bridgehead atoms. The first-order valence-electron chi connectivity index (χ1n) is 9.51. The average molecular weight is 399 g/mol. The van der Waals surface area contributed by atoms with Crippen LogP contribution in [0, 0.1) is 13.8 Å². The van der Waals surface area contributed by atoms with Crippen LogP contribution in [0.4, 0.5) is 0 Å². The number of hydrogen-bond acceptors (Lipinski definition) is 2.